The van der Waals surface area contributed by atoms with E-state index in [2.05, 4.69) is 15.3 Å². The number of aryl methyl sites for hydroxylation is 1. The van der Waals surface area contributed by atoms with Gasteiger partial charge in [0.25, 0.3) is 0 Å². The number of benzene rings is 1. The normalized spacial score (nSPS) is 10.0. The second-order valence-corrected chi connectivity index (χ2v) is 3.99. The topological polar surface area (TPSA) is 90.1 Å². The number of hydrogen-bond acceptors (Lipinski definition) is 5. The molecule has 1 amide bonds. The van der Waals surface area contributed by atoms with Gasteiger partial charge in [0, 0.05) is 18.7 Å². The summed E-state index contributed by atoms with van der Waals surface area (Å²) in [5.41, 5.74) is 6.84. The molecule has 1 aromatic heterocycles. The molecule has 0 aliphatic rings. The number of carbonyl (C=O) groups is 1. The molecule has 19 heavy (non-hydrogen) atoms. The molecule has 1 heterocycles. The zero-order valence-corrected chi connectivity index (χ0v) is 10.7. The van der Waals surface area contributed by atoms with Crippen molar-refractivity contribution >= 4 is 17.5 Å². The van der Waals surface area contributed by atoms with Gasteiger partial charge in [-0.3, -0.25) is 4.79 Å². The third-order valence-corrected chi connectivity index (χ3v) is 2.26. The van der Waals surface area contributed by atoms with E-state index >= 15 is 0 Å². The summed E-state index contributed by atoms with van der Waals surface area (Å²) in [7, 11) is 0. The summed E-state index contributed by atoms with van der Waals surface area (Å²) >= 11 is 0. The molecule has 1 aromatic carbocycles. The Balaban J connectivity index is 2.29. The van der Waals surface area contributed by atoms with Crippen LogP contribution in [0.2, 0.25) is 0 Å². The van der Waals surface area contributed by atoms with Gasteiger partial charge in [-0.15, -0.1) is 0 Å². The van der Waals surface area contributed by atoms with Crippen LogP contribution in [0, 0.1) is 6.92 Å². The molecule has 0 fully saturated rings. The summed E-state index contributed by atoms with van der Waals surface area (Å²) in [5, 5.41) is 2.68. The van der Waals surface area contributed by atoms with Crippen LogP contribution in [0.3, 0.4) is 0 Å². The lowest BCUT2D eigenvalue weighted by atomic mass is 10.3. The van der Waals surface area contributed by atoms with Crippen molar-refractivity contribution in [1.82, 2.24) is 9.97 Å². The van der Waals surface area contributed by atoms with Crippen molar-refractivity contribution in [2.24, 2.45) is 0 Å². The molecule has 2 aromatic rings. The van der Waals surface area contributed by atoms with Gasteiger partial charge in [-0.2, -0.15) is 4.98 Å². The van der Waals surface area contributed by atoms with Gasteiger partial charge in [0.1, 0.15) is 0 Å². The highest BCUT2D eigenvalue weighted by Crippen LogP contribution is 2.28. The van der Waals surface area contributed by atoms with Crippen molar-refractivity contribution in [2.45, 2.75) is 13.8 Å². The SMILES string of the molecule is CC(=O)Nc1ccccc1Oc1cc(C)nc(N)n1. The van der Waals surface area contributed by atoms with Crippen molar-refractivity contribution in [1.29, 1.82) is 0 Å². The van der Waals surface area contributed by atoms with E-state index in [0.29, 0.717) is 23.0 Å². The van der Waals surface area contributed by atoms with Crippen molar-refractivity contribution in [3.05, 3.63) is 36.0 Å². The maximum atomic E-state index is 11.1. The van der Waals surface area contributed by atoms with Crippen LogP contribution in [0.25, 0.3) is 0 Å². The summed E-state index contributed by atoms with van der Waals surface area (Å²) in [6.07, 6.45) is 0. The largest absolute Gasteiger partial charge is 0.437 e. The second kappa shape index (κ2) is 5.34. The zero-order chi connectivity index (χ0) is 13.8. The highest BCUT2D eigenvalue weighted by molar-refractivity contribution is 5.90. The van der Waals surface area contributed by atoms with E-state index in [1.54, 1.807) is 37.3 Å². The average molecular weight is 258 g/mol. The van der Waals surface area contributed by atoms with Gasteiger partial charge in [0.05, 0.1) is 5.69 Å². The van der Waals surface area contributed by atoms with Crippen LogP contribution in [-0.4, -0.2) is 15.9 Å². The first-order valence-electron chi connectivity index (χ1n) is 5.70. The number of nitrogens with zero attached hydrogens (tertiary/aromatic N) is 2. The minimum absolute atomic E-state index is 0.145. The second-order valence-electron chi connectivity index (χ2n) is 3.99. The third-order valence-electron chi connectivity index (χ3n) is 2.26. The maximum absolute atomic E-state index is 11.1. The first-order valence-corrected chi connectivity index (χ1v) is 5.70. The molecule has 0 saturated carbocycles. The van der Waals surface area contributed by atoms with E-state index in [0.717, 1.165) is 0 Å². The summed E-state index contributed by atoms with van der Waals surface area (Å²) in [6.45, 7) is 3.23. The first kappa shape index (κ1) is 12.8. The Hall–Kier alpha value is -2.63. The molecule has 98 valence electrons. The molecule has 0 aliphatic heterocycles. The number of nitrogens with two attached hydrogens (primary N) is 1. The van der Waals surface area contributed by atoms with Crippen LogP contribution >= 0.6 is 0 Å². The van der Waals surface area contributed by atoms with E-state index in [1.807, 2.05) is 0 Å². The number of carbonyl (C=O) groups excluding carboxylic acids is 1. The molecule has 0 saturated heterocycles. The van der Waals surface area contributed by atoms with Crippen molar-refractivity contribution in [3.63, 3.8) is 0 Å². The smallest absolute Gasteiger partial charge is 0.224 e. The number of nitrogens with one attached hydrogen (secondary N) is 1. The highest BCUT2D eigenvalue weighted by Gasteiger charge is 2.07. The minimum atomic E-state index is -0.172. The number of para-hydroxylation sites is 2. The van der Waals surface area contributed by atoms with E-state index in [1.165, 1.54) is 6.92 Å². The number of hydrogen-bond donors (Lipinski definition) is 2. The lowest BCUT2D eigenvalue weighted by molar-refractivity contribution is -0.114. The molecule has 6 heteroatoms. The molecular formula is C13H14N4O2. The molecule has 0 radical (unpaired) electrons. The van der Waals surface area contributed by atoms with Crippen molar-refractivity contribution < 1.29 is 9.53 Å². The lowest BCUT2D eigenvalue weighted by Gasteiger charge is -2.10. The van der Waals surface area contributed by atoms with Crippen LogP contribution in [0.5, 0.6) is 11.6 Å². The van der Waals surface area contributed by atoms with Crippen molar-refractivity contribution in [2.75, 3.05) is 11.1 Å². The van der Waals surface area contributed by atoms with Crippen LogP contribution in [0.15, 0.2) is 30.3 Å². The number of nitrogen functional groups attached to an aromatic ring is 1. The zero-order valence-electron chi connectivity index (χ0n) is 10.7. The molecule has 0 spiro atoms. The van der Waals surface area contributed by atoms with Gasteiger partial charge in [-0.05, 0) is 19.1 Å². The molecule has 0 bridgehead atoms. The summed E-state index contributed by atoms with van der Waals surface area (Å²) < 4.78 is 5.63. The maximum Gasteiger partial charge on any atom is 0.224 e. The summed E-state index contributed by atoms with van der Waals surface area (Å²) in [4.78, 5) is 19.1. The molecule has 3 N–H and O–H groups in total. The average Bonchev–Trinajstić information content (AvgIpc) is 2.29. The monoisotopic (exact) mass is 258 g/mol. The van der Waals surface area contributed by atoms with Gasteiger partial charge in [-0.1, -0.05) is 12.1 Å². The van der Waals surface area contributed by atoms with Crippen LogP contribution in [-0.2, 0) is 4.79 Å². The number of aromatic nitrogens is 2. The Morgan fingerprint density at radius 2 is 2.05 bits per heavy atom. The third kappa shape index (κ3) is 3.41. The van der Waals surface area contributed by atoms with Gasteiger partial charge in [0.15, 0.2) is 5.75 Å². The standard InChI is InChI=1S/C13H14N4O2/c1-8-7-12(17-13(14)15-8)19-11-6-4-3-5-10(11)16-9(2)18/h3-7H,1-2H3,(H,16,18)(H2,14,15,17). The van der Waals surface area contributed by atoms with E-state index in [9.17, 15) is 4.79 Å². The van der Waals surface area contributed by atoms with Crippen LogP contribution < -0.4 is 15.8 Å². The molecular weight excluding hydrogens is 244 g/mol. The Labute approximate surface area is 110 Å². The van der Waals surface area contributed by atoms with E-state index in [4.69, 9.17) is 10.5 Å². The number of amides is 1. The summed E-state index contributed by atoms with van der Waals surface area (Å²) in [6, 6.07) is 8.75. The summed E-state index contributed by atoms with van der Waals surface area (Å²) in [5.74, 6) is 0.805. The quantitative estimate of drug-likeness (QED) is 0.880. The predicted octanol–water partition coefficient (Wildman–Crippen LogP) is 2.12. The first-order chi connectivity index (χ1) is 9.04. The number of anilines is 2. The predicted molar refractivity (Wildman–Crippen MR) is 72.0 cm³/mol. The van der Waals surface area contributed by atoms with E-state index < -0.39 is 0 Å². The van der Waals surface area contributed by atoms with Gasteiger partial charge in [0.2, 0.25) is 17.7 Å². The lowest BCUT2D eigenvalue weighted by Crippen LogP contribution is -2.07. The minimum Gasteiger partial charge on any atom is -0.437 e. The van der Waals surface area contributed by atoms with Crippen LogP contribution in [0.1, 0.15) is 12.6 Å². The highest BCUT2D eigenvalue weighted by atomic mass is 16.5. The van der Waals surface area contributed by atoms with Gasteiger partial charge in [-0.25, -0.2) is 4.98 Å². The van der Waals surface area contributed by atoms with E-state index in [-0.39, 0.29) is 11.9 Å². The number of rotatable bonds is 3. The fraction of sp³-hybridized carbons (Fsp3) is 0.154. The molecule has 0 unspecified atom stereocenters. The molecule has 0 aliphatic carbocycles. The Bertz CT molecular complexity index is 593. The fourth-order valence-corrected chi connectivity index (χ4v) is 1.58. The Kier molecular flexibility index (Phi) is 3.61. The molecule has 0 atom stereocenters. The number of ether oxygens (including phenoxy) is 1. The van der Waals surface area contributed by atoms with Crippen molar-refractivity contribution in [3.8, 4) is 11.6 Å². The Morgan fingerprint density at radius 1 is 1.32 bits per heavy atom. The van der Waals surface area contributed by atoms with Crippen LogP contribution in [0.4, 0.5) is 11.6 Å². The van der Waals surface area contributed by atoms with Gasteiger partial charge >= 0.3 is 0 Å². The van der Waals surface area contributed by atoms with Gasteiger partial charge < -0.3 is 15.8 Å². The fourth-order valence-electron chi connectivity index (χ4n) is 1.58. The Morgan fingerprint density at radius 3 is 2.74 bits per heavy atom. The molecule has 2 rings (SSSR count). The molecule has 6 nitrogen and oxygen atoms in total.